The summed E-state index contributed by atoms with van der Waals surface area (Å²) in [6.07, 6.45) is 4.72. The van der Waals surface area contributed by atoms with Crippen molar-refractivity contribution in [2.24, 2.45) is 5.92 Å². The van der Waals surface area contributed by atoms with Crippen LogP contribution in [0.4, 0.5) is 19.4 Å². The van der Waals surface area contributed by atoms with Gasteiger partial charge >= 0.3 is 12.6 Å². The van der Waals surface area contributed by atoms with Crippen LogP contribution in [0.1, 0.15) is 19.8 Å². The minimum Gasteiger partial charge on any atom is -0.417 e. The first-order valence-electron chi connectivity index (χ1n) is 8.55. The molecule has 2 aromatic heterocycles. The minimum absolute atomic E-state index is 0.0894. The Morgan fingerprint density at radius 1 is 1.37 bits per heavy atom. The highest BCUT2D eigenvalue weighted by Gasteiger charge is 2.27. The molecule has 2 amide bonds. The topological polar surface area (TPSA) is 80.5 Å². The van der Waals surface area contributed by atoms with Gasteiger partial charge in [0.2, 0.25) is 5.88 Å². The van der Waals surface area contributed by atoms with Crippen LogP contribution in [0.2, 0.25) is 0 Å². The molecule has 27 heavy (non-hydrogen) atoms. The number of ether oxygens (including phenoxy) is 1. The molecular formula is C17H20F2N4O3S. The molecule has 3 heterocycles. The lowest BCUT2D eigenvalue weighted by atomic mass is 9.94. The first-order chi connectivity index (χ1) is 13.0. The fraction of sp³-hybridized carbons (Fsp3) is 0.471. The van der Waals surface area contributed by atoms with Gasteiger partial charge in [-0.1, -0.05) is 12.1 Å². The molecule has 0 aromatic carbocycles. The fourth-order valence-electron chi connectivity index (χ4n) is 2.95. The Bertz CT molecular complexity index is 722. The summed E-state index contributed by atoms with van der Waals surface area (Å²) in [6, 6.07) is 4.58. The first kappa shape index (κ1) is 19.4. The maximum absolute atomic E-state index is 12.2. The van der Waals surface area contributed by atoms with E-state index in [4.69, 9.17) is 4.52 Å². The average molecular weight is 398 g/mol. The van der Waals surface area contributed by atoms with Crippen LogP contribution in [0, 0.1) is 5.92 Å². The number of amides is 2. The van der Waals surface area contributed by atoms with Crippen LogP contribution >= 0.6 is 11.8 Å². The predicted molar refractivity (Wildman–Crippen MR) is 96.0 cm³/mol. The summed E-state index contributed by atoms with van der Waals surface area (Å²) in [5, 5.41) is 6.68. The van der Waals surface area contributed by atoms with Gasteiger partial charge in [0.1, 0.15) is 6.26 Å². The van der Waals surface area contributed by atoms with E-state index >= 15 is 0 Å². The standard InChI is InChI=1S/C17H20F2N4O3S/c1-11(27-13-2-3-15(20-10-13)26-16(18)19)12-4-7-23(8-5-12)17(24)21-14-6-9-25-22-14/h2-3,6,9-12,16H,4-5,7-8H2,1H3,(H,21,22,24). The highest BCUT2D eigenvalue weighted by atomic mass is 32.2. The molecule has 10 heteroatoms. The second-order valence-electron chi connectivity index (χ2n) is 6.17. The molecule has 7 nitrogen and oxygen atoms in total. The molecule has 0 spiro atoms. The van der Waals surface area contributed by atoms with Crippen molar-refractivity contribution in [2.45, 2.75) is 36.5 Å². The SMILES string of the molecule is CC(Sc1ccc(OC(F)F)nc1)C1CCN(C(=O)Nc2ccon2)CC1. The molecule has 0 bridgehead atoms. The quantitative estimate of drug-likeness (QED) is 0.738. The lowest BCUT2D eigenvalue weighted by Gasteiger charge is -2.34. The van der Waals surface area contributed by atoms with Gasteiger partial charge in [-0.3, -0.25) is 5.32 Å². The van der Waals surface area contributed by atoms with Crippen molar-refractivity contribution in [1.82, 2.24) is 15.0 Å². The van der Waals surface area contributed by atoms with Crippen LogP contribution in [0.3, 0.4) is 0 Å². The van der Waals surface area contributed by atoms with E-state index in [9.17, 15) is 13.6 Å². The largest absolute Gasteiger partial charge is 0.417 e. The normalized spacial score (nSPS) is 16.4. The van der Waals surface area contributed by atoms with E-state index in [1.807, 2.05) is 0 Å². The Morgan fingerprint density at radius 3 is 2.74 bits per heavy atom. The molecule has 3 rings (SSSR count). The number of alkyl halides is 2. The number of aromatic nitrogens is 2. The molecule has 1 aliphatic rings. The molecular weight excluding hydrogens is 378 g/mol. The number of nitrogens with zero attached hydrogens (tertiary/aromatic N) is 3. The minimum atomic E-state index is -2.87. The summed E-state index contributed by atoms with van der Waals surface area (Å²) < 4.78 is 33.3. The first-order valence-corrected chi connectivity index (χ1v) is 9.43. The van der Waals surface area contributed by atoms with Gasteiger partial charge in [-0.05, 0) is 24.8 Å². The maximum atomic E-state index is 12.2. The number of thioether (sulfide) groups is 1. The molecule has 1 N–H and O–H groups in total. The van der Waals surface area contributed by atoms with Crippen molar-refractivity contribution in [3.8, 4) is 5.88 Å². The number of urea groups is 1. The number of likely N-dealkylation sites (tertiary alicyclic amines) is 1. The van der Waals surface area contributed by atoms with Crippen molar-refractivity contribution in [2.75, 3.05) is 18.4 Å². The summed E-state index contributed by atoms with van der Waals surface area (Å²) in [5.41, 5.74) is 0. The zero-order chi connectivity index (χ0) is 19.2. The number of hydrogen-bond donors (Lipinski definition) is 1. The highest BCUT2D eigenvalue weighted by Crippen LogP contribution is 2.33. The second-order valence-corrected chi connectivity index (χ2v) is 7.62. The third-order valence-corrected chi connectivity index (χ3v) is 5.67. The third kappa shape index (κ3) is 5.56. The van der Waals surface area contributed by atoms with E-state index < -0.39 is 6.61 Å². The third-order valence-electron chi connectivity index (χ3n) is 4.40. The van der Waals surface area contributed by atoms with Crippen molar-refractivity contribution >= 4 is 23.6 Å². The van der Waals surface area contributed by atoms with Crippen LogP contribution in [0.25, 0.3) is 0 Å². The summed E-state index contributed by atoms with van der Waals surface area (Å²) >= 11 is 1.64. The number of carbonyl (C=O) groups excluding carboxylic acids is 1. The van der Waals surface area contributed by atoms with Gasteiger partial charge in [0.05, 0.1) is 0 Å². The summed E-state index contributed by atoms with van der Waals surface area (Å²) in [4.78, 5) is 18.7. The molecule has 0 radical (unpaired) electrons. The van der Waals surface area contributed by atoms with Crippen molar-refractivity contribution in [1.29, 1.82) is 0 Å². The summed E-state index contributed by atoms with van der Waals surface area (Å²) in [7, 11) is 0. The lowest BCUT2D eigenvalue weighted by Crippen LogP contribution is -2.42. The molecule has 1 aliphatic heterocycles. The van der Waals surface area contributed by atoms with Crippen LogP contribution in [-0.2, 0) is 0 Å². The number of nitrogens with one attached hydrogen (secondary N) is 1. The Hall–Kier alpha value is -2.36. The number of hydrogen-bond acceptors (Lipinski definition) is 6. The van der Waals surface area contributed by atoms with E-state index in [0.717, 1.165) is 17.7 Å². The Balaban J connectivity index is 1.45. The second kappa shape index (κ2) is 9.03. The van der Waals surface area contributed by atoms with Crippen LogP contribution in [-0.4, -0.2) is 46.0 Å². The Labute approximate surface area is 159 Å². The lowest BCUT2D eigenvalue weighted by molar-refractivity contribution is -0.0529. The Morgan fingerprint density at radius 2 is 2.15 bits per heavy atom. The van der Waals surface area contributed by atoms with E-state index in [1.165, 1.54) is 12.3 Å². The summed E-state index contributed by atoms with van der Waals surface area (Å²) in [6.45, 7) is 0.586. The number of carbonyl (C=O) groups is 1. The van der Waals surface area contributed by atoms with Crippen LogP contribution in [0.15, 0.2) is 40.1 Å². The molecule has 0 aliphatic carbocycles. The maximum Gasteiger partial charge on any atom is 0.388 e. The van der Waals surface area contributed by atoms with E-state index in [-0.39, 0.29) is 11.9 Å². The number of anilines is 1. The van der Waals surface area contributed by atoms with Gasteiger partial charge < -0.3 is 14.2 Å². The predicted octanol–water partition coefficient (Wildman–Crippen LogP) is 4.10. The van der Waals surface area contributed by atoms with E-state index in [0.29, 0.717) is 30.1 Å². The van der Waals surface area contributed by atoms with Crippen molar-refractivity contribution in [3.05, 3.63) is 30.7 Å². The van der Waals surface area contributed by atoms with Gasteiger partial charge in [-0.2, -0.15) is 8.78 Å². The molecule has 1 unspecified atom stereocenters. The van der Waals surface area contributed by atoms with Crippen LogP contribution in [0.5, 0.6) is 5.88 Å². The van der Waals surface area contributed by atoms with Gasteiger partial charge in [0, 0.05) is 41.6 Å². The van der Waals surface area contributed by atoms with Gasteiger partial charge in [-0.25, -0.2) is 9.78 Å². The smallest absolute Gasteiger partial charge is 0.388 e. The van der Waals surface area contributed by atoms with Crippen molar-refractivity contribution in [3.63, 3.8) is 0 Å². The van der Waals surface area contributed by atoms with Crippen LogP contribution < -0.4 is 10.1 Å². The molecule has 1 fully saturated rings. The van der Waals surface area contributed by atoms with E-state index in [1.54, 1.807) is 35.0 Å². The fourth-order valence-corrected chi connectivity index (χ4v) is 4.10. The number of piperidine rings is 1. The zero-order valence-electron chi connectivity index (χ0n) is 14.7. The molecule has 146 valence electrons. The van der Waals surface area contributed by atoms with Gasteiger partial charge in [0.25, 0.3) is 0 Å². The van der Waals surface area contributed by atoms with E-state index in [2.05, 4.69) is 27.1 Å². The summed E-state index contributed by atoms with van der Waals surface area (Å²) in [5.74, 6) is 0.759. The highest BCUT2D eigenvalue weighted by molar-refractivity contribution is 8.00. The number of rotatable bonds is 6. The van der Waals surface area contributed by atoms with Gasteiger partial charge in [0.15, 0.2) is 5.82 Å². The number of halogens is 2. The van der Waals surface area contributed by atoms with Gasteiger partial charge in [-0.15, -0.1) is 11.8 Å². The van der Waals surface area contributed by atoms with Crippen molar-refractivity contribution < 1.29 is 22.8 Å². The molecule has 1 saturated heterocycles. The molecule has 1 atom stereocenters. The molecule has 0 saturated carbocycles. The number of pyridine rings is 1. The zero-order valence-corrected chi connectivity index (χ0v) is 15.5. The monoisotopic (exact) mass is 398 g/mol. The Kier molecular flexibility index (Phi) is 6.49. The average Bonchev–Trinajstić information content (AvgIpc) is 3.16. The molecule has 2 aromatic rings.